The first-order valence-electron chi connectivity index (χ1n) is 4.78. The Labute approximate surface area is 96.8 Å². The number of aliphatic hydroxyl groups is 1. The Hall–Kier alpha value is -0.740. The fourth-order valence-electron chi connectivity index (χ4n) is 1.70. The molecule has 1 aromatic rings. The summed E-state index contributed by atoms with van der Waals surface area (Å²) in [5, 5.41) is 19.9. The number of phenols is 1. The molecule has 0 amide bonds. The summed E-state index contributed by atoms with van der Waals surface area (Å²) < 4.78 is 5.97. The minimum absolute atomic E-state index is 0.0539. The maximum absolute atomic E-state index is 9.98. The van der Waals surface area contributed by atoms with E-state index >= 15 is 0 Å². The predicted octanol–water partition coefficient (Wildman–Crippen LogP) is 2.45. The van der Waals surface area contributed by atoms with Gasteiger partial charge in [0.15, 0.2) is 11.5 Å². The maximum Gasteiger partial charge on any atom is 0.164 e. The van der Waals surface area contributed by atoms with Crippen molar-refractivity contribution in [3.8, 4) is 11.5 Å². The van der Waals surface area contributed by atoms with E-state index in [1.807, 2.05) is 6.92 Å². The normalized spacial score (nSPS) is 17.6. The van der Waals surface area contributed by atoms with E-state index in [0.29, 0.717) is 24.2 Å². The molecule has 2 N–H and O–H groups in total. The van der Waals surface area contributed by atoms with Crippen LogP contribution < -0.4 is 4.74 Å². The monoisotopic (exact) mass is 272 g/mol. The maximum atomic E-state index is 9.98. The standard InChI is InChI=1S/C11H13BrO3/c1-6-8(12)5-7(11(14)3-4-11)9(13)10(6)15-2/h5,13-14H,3-4H2,1-2H3. The number of phenolic OH excluding ortho intramolecular Hbond substituents is 1. The quantitative estimate of drug-likeness (QED) is 0.870. The van der Waals surface area contributed by atoms with Gasteiger partial charge < -0.3 is 14.9 Å². The summed E-state index contributed by atoms with van der Waals surface area (Å²) in [6.45, 7) is 1.85. The summed E-state index contributed by atoms with van der Waals surface area (Å²) in [6, 6.07) is 1.76. The lowest BCUT2D eigenvalue weighted by Crippen LogP contribution is -2.06. The molecule has 1 aliphatic rings. The minimum atomic E-state index is -0.854. The summed E-state index contributed by atoms with van der Waals surface area (Å²) in [5.41, 5.74) is 0.535. The number of ether oxygens (including phenoxy) is 1. The number of hydrogen-bond acceptors (Lipinski definition) is 3. The van der Waals surface area contributed by atoms with Crippen LogP contribution in [0.2, 0.25) is 0 Å². The van der Waals surface area contributed by atoms with Crippen molar-refractivity contribution in [3.63, 3.8) is 0 Å². The summed E-state index contributed by atoms with van der Waals surface area (Å²) >= 11 is 3.39. The molecule has 3 nitrogen and oxygen atoms in total. The molecule has 0 aliphatic heterocycles. The third kappa shape index (κ3) is 1.62. The van der Waals surface area contributed by atoms with Crippen molar-refractivity contribution in [2.24, 2.45) is 0 Å². The average Bonchev–Trinajstić information content (AvgIpc) is 2.92. The second-order valence-electron chi connectivity index (χ2n) is 3.94. The molecule has 82 valence electrons. The molecule has 0 unspecified atom stereocenters. The van der Waals surface area contributed by atoms with Gasteiger partial charge in [0.1, 0.15) is 0 Å². The van der Waals surface area contributed by atoms with E-state index in [1.165, 1.54) is 7.11 Å². The Morgan fingerprint density at radius 1 is 1.47 bits per heavy atom. The Kier molecular flexibility index (Phi) is 2.43. The molecule has 0 aromatic heterocycles. The van der Waals surface area contributed by atoms with Gasteiger partial charge in [0.25, 0.3) is 0 Å². The van der Waals surface area contributed by atoms with E-state index in [2.05, 4.69) is 15.9 Å². The van der Waals surface area contributed by atoms with Crippen molar-refractivity contribution >= 4 is 15.9 Å². The summed E-state index contributed by atoms with van der Waals surface area (Å²) in [4.78, 5) is 0. The zero-order chi connectivity index (χ0) is 11.2. The molecule has 0 bridgehead atoms. The van der Waals surface area contributed by atoms with E-state index in [4.69, 9.17) is 4.74 Å². The third-order valence-electron chi connectivity index (χ3n) is 2.87. The molecule has 4 heteroatoms. The first-order chi connectivity index (χ1) is 6.99. The van der Waals surface area contributed by atoms with Crippen LogP contribution in [-0.4, -0.2) is 17.3 Å². The van der Waals surface area contributed by atoms with Gasteiger partial charge in [-0.25, -0.2) is 0 Å². The van der Waals surface area contributed by atoms with Gasteiger partial charge in [-0.1, -0.05) is 15.9 Å². The minimum Gasteiger partial charge on any atom is -0.504 e. The highest BCUT2D eigenvalue weighted by molar-refractivity contribution is 9.10. The number of methoxy groups -OCH3 is 1. The molecule has 2 rings (SSSR count). The fraction of sp³-hybridized carbons (Fsp3) is 0.455. The zero-order valence-electron chi connectivity index (χ0n) is 8.67. The van der Waals surface area contributed by atoms with Crippen molar-refractivity contribution in [2.45, 2.75) is 25.4 Å². The SMILES string of the molecule is COc1c(C)c(Br)cc(C2(O)CC2)c1O. The van der Waals surface area contributed by atoms with Crippen LogP contribution in [0.4, 0.5) is 0 Å². The van der Waals surface area contributed by atoms with Gasteiger partial charge in [0, 0.05) is 15.6 Å². The molecule has 1 aromatic carbocycles. The lowest BCUT2D eigenvalue weighted by Gasteiger charge is -2.16. The second kappa shape index (κ2) is 3.39. The molecule has 0 saturated heterocycles. The van der Waals surface area contributed by atoms with Gasteiger partial charge in [-0.05, 0) is 25.8 Å². The first kappa shape index (κ1) is 10.8. The number of benzene rings is 1. The van der Waals surface area contributed by atoms with Gasteiger partial charge in [-0.15, -0.1) is 0 Å². The lowest BCUT2D eigenvalue weighted by molar-refractivity contribution is 0.147. The van der Waals surface area contributed by atoms with E-state index in [-0.39, 0.29) is 5.75 Å². The number of halogens is 1. The topological polar surface area (TPSA) is 49.7 Å². The Balaban J connectivity index is 2.62. The summed E-state index contributed by atoms with van der Waals surface area (Å²) in [7, 11) is 1.51. The van der Waals surface area contributed by atoms with Crippen molar-refractivity contribution < 1.29 is 14.9 Å². The van der Waals surface area contributed by atoms with Crippen LogP contribution in [0, 0.1) is 6.92 Å². The highest BCUT2D eigenvalue weighted by Crippen LogP contribution is 2.52. The molecule has 0 heterocycles. The van der Waals surface area contributed by atoms with Crippen molar-refractivity contribution in [1.82, 2.24) is 0 Å². The molecular formula is C11H13BrO3. The van der Waals surface area contributed by atoms with Gasteiger partial charge in [0.05, 0.1) is 12.7 Å². The molecule has 0 radical (unpaired) electrons. The van der Waals surface area contributed by atoms with Crippen LogP contribution in [0.15, 0.2) is 10.5 Å². The van der Waals surface area contributed by atoms with E-state index < -0.39 is 5.60 Å². The molecule has 0 spiro atoms. The highest BCUT2D eigenvalue weighted by Gasteiger charge is 2.45. The van der Waals surface area contributed by atoms with E-state index in [1.54, 1.807) is 6.07 Å². The zero-order valence-corrected chi connectivity index (χ0v) is 10.3. The van der Waals surface area contributed by atoms with E-state index in [9.17, 15) is 10.2 Å². The van der Waals surface area contributed by atoms with Gasteiger partial charge in [-0.2, -0.15) is 0 Å². The van der Waals surface area contributed by atoms with Crippen LogP contribution in [0.3, 0.4) is 0 Å². The lowest BCUT2D eigenvalue weighted by atomic mass is 10.0. The molecule has 1 aliphatic carbocycles. The average molecular weight is 273 g/mol. The Morgan fingerprint density at radius 2 is 2.07 bits per heavy atom. The summed E-state index contributed by atoms with van der Waals surface area (Å²) in [6.07, 6.45) is 1.39. The Morgan fingerprint density at radius 3 is 2.53 bits per heavy atom. The highest BCUT2D eigenvalue weighted by atomic mass is 79.9. The van der Waals surface area contributed by atoms with Gasteiger partial charge >= 0.3 is 0 Å². The number of aromatic hydroxyl groups is 1. The van der Waals surface area contributed by atoms with Crippen LogP contribution in [0.5, 0.6) is 11.5 Å². The van der Waals surface area contributed by atoms with Crippen LogP contribution in [0.25, 0.3) is 0 Å². The van der Waals surface area contributed by atoms with Crippen LogP contribution in [0.1, 0.15) is 24.0 Å². The molecule has 15 heavy (non-hydrogen) atoms. The first-order valence-corrected chi connectivity index (χ1v) is 5.58. The van der Waals surface area contributed by atoms with E-state index in [0.717, 1.165) is 10.0 Å². The van der Waals surface area contributed by atoms with Crippen molar-refractivity contribution in [1.29, 1.82) is 0 Å². The third-order valence-corrected chi connectivity index (χ3v) is 3.69. The fourth-order valence-corrected chi connectivity index (χ4v) is 2.11. The Bertz CT molecular complexity index is 411. The predicted molar refractivity (Wildman–Crippen MR) is 60.2 cm³/mol. The van der Waals surface area contributed by atoms with Crippen molar-refractivity contribution in [2.75, 3.05) is 7.11 Å². The number of rotatable bonds is 2. The molecule has 1 fully saturated rings. The second-order valence-corrected chi connectivity index (χ2v) is 4.80. The summed E-state index contributed by atoms with van der Waals surface area (Å²) in [5.74, 6) is 0.484. The molecule has 0 atom stereocenters. The van der Waals surface area contributed by atoms with Gasteiger partial charge in [0.2, 0.25) is 0 Å². The smallest absolute Gasteiger partial charge is 0.164 e. The van der Waals surface area contributed by atoms with Crippen LogP contribution >= 0.6 is 15.9 Å². The van der Waals surface area contributed by atoms with Gasteiger partial charge in [-0.3, -0.25) is 0 Å². The van der Waals surface area contributed by atoms with Crippen LogP contribution in [-0.2, 0) is 5.60 Å². The molecular weight excluding hydrogens is 260 g/mol. The number of hydrogen-bond donors (Lipinski definition) is 2. The molecule has 1 saturated carbocycles. The van der Waals surface area contributed by atoms with Crippen molar-refractivity contribution in [3.05, 3.63) is 21.7 Å². The largest absolute Gasteiger partial charge is 0.504 e.